The maximum absolute atomic E-state index is 14.8. The predicted molar refractivity (Wildman–Crippen MR) is 110 cm³/mol. The third-order valence-electron chi connectivity index (χ3n) is 4.71. The first-order valence-corrected chi connectivity index (χ1v) is 11.6. The van der Waals surface area contributed by atoms with E-state index in [1.54, 1.807) is 17.0 Å². The van der Waals surface area contributed by atoms with Crippen LogP contribution in [0.1, 0.15) is 17.9 Å². The van der Waals surface area contributed by atoms with E-state index in [1.807, 2.05) is 5.38 Å². The molecule has 1 aliphatic rings. The first kappa shape index (κ1) is 21.5. The number of alkyl halides is 2. The fourth-order valence-electron chi connectivity index (χ4n) is 3.08. The summed E-state index contributed by atoms with van der Waals surface area (Å²) in [5.74, 6) is -0.858. The second kappa shape index (κ2) is 9.18. The highest BCUT2D eigenvalue weighted by molar-refractivity contribution is 7.85. The second-order valence-electron chi connectivity index (χ2n) is 6.71. The number of urea groups is 1. The molecule has 7 nitrogen and oxygen atoms in total. The van der Waals surface area contributed by atoms with Gasteiger partial charge in [-0.1, -0.05) is 6.07 Å². The van der Waals surface area contributed by atoms with Crippen LogP contribution in [0.4, 0.5) is 23.0 Å². The van der Waals surface area contributed by atoms with Gasteiger partial charge in [0, 0.05) is 46.5 Å². The molecule has 0 aliphatic carbocycles. The number of amides is 2. The maximum Gasteiger partial charge on any atom is 0.325 e. The number of anilines is 1. The summed E-state index contributed by atoms with van der Waals surface area (Å²) in [6.45, 7) is 0.716. The van der Waals surface area contributed by atoms with Crippen molar-refractivity contribution in [3.8, 4) is 11.5 Å². The summed E-state index contributed by atoms with van der Waals surface area (Å²) in [7, 11) is -0.928. The second-order valence-corrected chi connectivity index (χ2v) is 9.33. The van der Waals surface area contributed by atoms with Crippen LogP contribution in [0.3, 0.4) is 0 Å². The fraction of sp³-hybridized carbons (Fsp3) is 0.316. The van der Waals surface area contributed by atoms with Crippen molar-refractivity contribution in [1.82, 2.24) is 15.1 Å². The zero-order valence-corrected chi connectivity index (χ0v) is 17.7. The first-order chi connectivity index (χ1) is 14.9. The van der Waals surface area contributed by atoms with Crippen LogP contribution in [-0.4, -0.2) is 49.9 Å². The number of rotatable bonds is 5. The SMILES string of the molecule is O=C(N1CCS(=O)CC1)N(Cc1ccc(-c2nnc(C(F)F)o2)cc1F)c1cccs1. The van der Waals surface area contributed by atoms with E-state index in [2.05, 4.69) is 10.2 Å². The summed E-state index contributed by atoms with van der Waals surface area (Å²) >= 11 is 1.35. The van der Waals surface area contributed by atoms with E-state index in [4.69, 9.17) is 4.42 Å². The Balaban J connectivity index is 1.56. The largest absolute Gasteiger partial charge is 0.415 e. The van der Waals surface area contributed by atoms with E-state index >= 15 is 0 Å². The van der Waals surface area contributed by atoms with Crippen LogP contribution in [0.25, 0.3) is 11.5 Å². The molecular formula is C19H17F3N4O3S2. The molecule has 1 aliphatic heterocycles. The van der Waals surface area contributed by atoms with Gasteiger partial charge in [-0.05, 0) is 29.6 Å². The highest BCUT2D eigenvalue weighted by Gasteiger charge is 2.27. The summed E-state index contributed by atoms with van der Waals surface area (Å²) in [4.78, 5) is 16.2. The molecule has 3 aromatic rings. The van der Waals surface area contributed by atoms with Gasteiger partial charge in [-0.25, -0.2) is 9.18 Å². The highest BCUT2D eigenvalue weighted by atomic mass is 32.2. The van der Waals surface area contributed by atoms with Crippen molar-refractivity contribution in [3.63, 3.8) is 0 Å². The minimum Gasteiger partial charge on any atom is -0.415 e. The summed E-state index contributed by atoms with van der Waals surface area (Å²) in [5.41, 5.74) is 0.396. The van der Waals surface area contributed by atoms with Crippen molar-refractivity contribution in [2.45, 2.75) is 13.0 Å². The van der Waals surface area contributed by atoms with E-state index in [9.17, 15) is 22.2 Å². The van der Waals surface area contributed by atoms with Crippen LogP contribution in [0, 0.1) is 5.82 Å². The van der Waals surface area contributed by atoms with Crippen LogP contribution in [-0.2, 0) is 17.3 Å². The quantitative estimate of drug-likeness (QED) is 0.562. The molecule has 0 radical (unpaired) electrons. The molecule has 1 fully saturated rings. The first-order valence-electron chi connectivity index (χ1n) is 9.27. The van der Waals surface area contributed by atoms with Gasteiger partial charge in [0.05, 0.1) is 11.5 Å². The molecule has 0 N–H and O–H groups in total. The van der Waals surface area contributed by atoms with Crippen molar-refractivity contribution in [1.29, 1.82) is 0 Å². The lowest BCUT2D eigenvalue weighted by atomic mass is 10.1. The lowest BCUT2D eigenvalue weighted by molar-refractivity contribution is 0.116. The van der Waals surface area contributed by atoms with Crippen LogP contribution < -0.4 is 4.90 Å². The number of benzene rings is 1. The van der Waals surface area contributed by atoms with Crippen molar-refractivity contribution in [3.05, 3.63) is 53.0 Å². The van der Waals surface area contributed by atoms with Gasteiger partial charge >= 0.3 is 12.5 Å². The van der Waals surface area contributed by atoms with Gasteiger partial charge in [-0.2, -0.15) is 8.78 Å². The Hall–Kier alpha value is -2.73. The summed E-state index contributed by atoms with van der Waals surface area (Å²) in [5, 5.41) is 9.22. The minimum atomic E-state index is -2.91. The van der Waals surface area contributed by atoms with Gasteiger partial charge in [0.25, 0.3) is 5.89 Å². The summed E-state index contributed by atoms with van der Waals surface area (Å²) in [6, 6.07) is 7.31. The molecule has 1 aromatic carbocycles. The molecule has 2 amide bonds. The van der Waals surface area contributed by atoms with Gasteiger partial charge in [0.2, 0.25) is 5.89 Å². The molecular weight excluding hydrogens is 453 g/mol. The van der Waals surface area contributed by atoms with Crippen molar-refractivity contribution in [2.24, 2.45) is 0 Å². The van der Waals surface area contributed by atoms with Crippen LogP contribution >= 0.6 is 11.3 Å². The smallest absolute Gasteiger partial charge is 0.325 e. The Morgan fingerprint density at radius 2 is 2.03 bits per heavy atom. The molecule has 12 heteroatoms. The lowest BCUT2D eigenvalue weighted by Gasteiger charge is -2.32. The molecule has 0 bridgehead atoms. The standard InChI is InChI=1S/C19H17F3N4O3S2/c20-14-10-12(17-23-24-18(29-17)16(21)22)3-4-13(14)11-26(15-2-1-7-30-15)19(27)25-5-8-31(28)9-6-25/h1-4,7,10,16H,5-6,8-9,11H2. The predicted octanol–water partition coefficient (Wildman–Crippen LogP) is 4.07. The topological polar surface area (TPSA) is 79.5 Å². The normalized spacial score (nSPS) is 14.9. The van der Waals surface area contributed by atoms with E-state index in [-0.39, 0.29) is 29.6 Å². The molecule has 0 atom stereocenters. The number of carbonyl (C=O) groups excluding carboxylic acids is 1. The minimum absolute atomic E-state index is 0.0306. The third-order valence-corrected chi connectivity index (χ3v) is 6.87. The number of aromatic nitrogens is 2. The number of hydrogen-bond donors (Lipinski definition) is 0. The van der Waals surface area contributed by atoms with Crippen LogP contribution in [0.2, 0.25) is 0 Å². The van der Waals surface area contributed by atoms with Crippen molar-refractivity contribution >= 4 is 33.2 Å². The van der Waals surface area contributed by atoms with Gasteiger partial charge in [-0.3, -0.25) is 9.11 Å². The molecule has 3 heterocycles. The summed E-state index contributed by atoms with van der Waals surface area (Å²) in [6.07, 6.45) is -2.91. The molecule has 0 saturated carbocycles. The molecule has 164 valence electrons. The number of thiophene rings is 1. The number of nitrogens with zero attached hydrogens (tertiary/aromatic N) is 4. The average molecular weight is 470 g/mol. The van der Waals surface area contributed by atoms with E-state index < -0.39 is 28.9 Å². The third kappa shape index (κ3) is 4.79. The van der Waals surface area contributed by atoms with Crippen molar-refractivity contribution < 1.29 is 26.6 Å². The van der Waals surface area contributed by atoms with E-state index in [1.165, 1.54) is 28.4 Å². The number of carbonyl (C=O) groups is 1. The Morgan fingerprint density at radius 3 is 2.65 bits per heavy atom. The number of halogens is 3. The Morgan fingerprint density at radius 1 is 1.26 bits per heavy atom. The van der Waals surface area contributed by atoms with Gasteiger partial charge in [0.1, 0.15) is 5.82 Å². The Bertz CT molecular complexity index is 1080. The molecule has 4 rings (SSSR count). The molecule has 31 heavy (non-hydrogen) atoms. The average Bonchev–Trinajstić information content (AvgIpc) is 3.45. The van der Waals surface area contributed by atoms with Crippen molar-refractivity contribution in [2.75, 3.05) is 29.5 Å². The van der Waals surface area contributed by atoms with Crippen LogP contribution in [0.15, 0.2) is 40.1 Å². The summed E-state index contributed by atoms with van der Waals surface area (Å²) < 4.78 is 56.6. The Kier molecular flexibility index (Phi) is 6.37. The van der Waals surface area contributed by atoms with Gasteiger partial charge in [0.15, 0.2) is 0 Å². The monoisotopic (exact) mass is 470 g/mol. The van der Waals surface area contributed by atoms with Crippen LogP contribution in [0.5, 0.6) is 0 Å². The molecule has 1 saturated heterocycles. The molecule has 2 aromatic heterocycles. The zero-order valence-electron chi connectivity index (χ0n) is 16.0. The fourth-order valence-corrected chi connectivity index (χ4v) is 4.86. The van der Waals surface area contributed by atoms with E-state index in [0.717, 1.165) is 6.07 Å². The molecule has 0 unspecified atom stereocenters. The Labute approximate surface area is 181 Å². The van der Waals surface area contributed by atoms with Gasteiger partial charge < -0.3 is 9.32 Å². The zero-order chi connectivity index (χ0) is 22.0. The number of hydrogen-bond acceptors (Lipinski definition) is 6. The van der Waals surface area contributed by atoms with Gasteiger partial charge in [-0.15, -0.1) is 21.5 Å². The lowest BCUT2D eigenvalue weighted by Crippen LogP contribution is -2.48. The highest BCUT2D eigenvalue weighted by Crippen LogP contribution is 2.28. The maximum atomic E-state index is 14.8. The molecule has 0 spiro atoms. The van der Waals surface area contributed by atoms with E-state index in [0.29, 0.717) is 29.6 Å².